The minimum absolute atomic E-state index is 0.0312. The maximum atomic E-state index is 13.1. The molecule has 4 rings (SSSR count). The number of hydrogen-bond acceptors (Lipinski definition) is 6. The minimum atomic E-state index is -0.323. The summed E-state index contributed by atoms with van der Waals surface area (Å²) in [6.07, 6.45) is 4.01. The number of rotatable bonds is 10. The number of imidazole rings is 1. The van der Waals surface area contributed by atoms with E-state index >= 15 is 0 Å². The van der Waals surface area contributed by atoms with E-state index in [4.69, 9.17) is 19.2 Å². The van der Waals surface area contributed by atoms with Crippen LogP contribution in [0.4, 0.5) is 5.95 Å². The van der Waals surface area contributed by atoms with Crippen molar-refractivity contribution in [3.05, 3.63) is 54.7 Å². The van der Waals surface area contributed by atoms with E-state index in [-0.39, 0.29) is 24.5 Å². The normalized spacial score (nSPS) is 14.9. The number of amides is 2. The number of methoxy groups -OCH3 is 2. The van der Waals surface area contributed by atoms with Gasteiger partial charge in [-0.3, -0.25) is 19.5 Å². The molecule has 1 aliphatic rings. The van der Waals surface area contributed by atoms with Gasteiger partial charge in [-0.2, -0.15) is 0 Å². The average molecular weight is 493 g/mol. The fraction of sp³-hybridized carbons (Fsp3) is 0.370. The van der Waals surface area contributed by atoms with Gasteiger partial charge in [0, 0.05) is 37.0 Å². The Morgan fingerprint density at radius 1 is 1.08 bits per heavy atom. The van der Waals surface area contributed by atoms with Gasteiger partial charge >= 0.3 is 0 Å². The smallest absolute Gasteiger partial charge is 0.246 e. The first-order valence-electron chi connectivity index (χ1n) is 12.1. The molecule has 0 aliphatic carbocycles. The van der Waals surface area contributed by atoms with Gasteiger partial charge in [0.05, 0.1) is 26.0 Å². The predicted octanol–water partition coefficient (Wildman–Crippen LogP) is 3.91. The molecule has 9 heteroatoms. The summed E-state index contributed by atoms with van der Waals surface area (Å²) in [7, 11) is 3.23. The molecule has 2 heterocycles. The quantitative estimate of drug-likeness (QED) is 0.461. The van der Waals surface area contributed by atoms with Crippen LogP contribution in [0.15, 0.2) is 54.7 Å². The Kier molecular flexibility index (Phi) is 8.22. The highest BCUT2D eigenvalue weighted by Crippen LogP contribution is 2.27. The van der Waals surface area contributed by atoms with Crippen molar-refractivity contribution in [3.8, 4) is 28.4 Å². The Balaban J connectivity index is 1.59. The van der Waals surface area contributed by atoms with Gasteiger partial charge < -0.3 is 19.1 Å². The molecular formula is C27H32N4O5. The van der Waals surface area contributed by atoms with E-state index in [9.17, 15) is 9.59 Å². The predicted molar refractivity (Wildman–Crippen MR) is 137 cm³/mol. The van der Waals surface area contributed by atoms with E-state index in [0.29, 0.717) is 31.2 Å². The molecule has 0 radical (unpaired) electrons. The summed E-state index contributed by atoms with van der Waals surface area (Å²) in [6, 6.07) is 15.0. The summed E-state index contributed by atoms with van der Waals surface area (Å²) < 4.78 is 18.0. The standard InChI is InChI=1S/C27H32N4O5/c1-4-26(33)30(16-23-6-5-15-36-23)18-25(32)29-27-28-24(19-7-11-21(34-2)12-8-19)17-31(27)20-9-13-22(35-3)14-10-20/h7-14,17,23H,4-6,15-16,18H2,1-3H3,(H,28,29,32)/t23-/m0/s1. The highest BCUT2D eigenvalue weighted by atomic mass is 16.5. The van der Waals surface area contributed by atoms with Crippen LogP contribution < -0.4 is 14.8 Å². The lowest BCUT2D eigenvalue weighted by molar-refractivity contribution is -0.135. The molecule has 190 valence electrons. The van der Waals surface area contributed by atoms with Gasteiger partial charge in [0.2, 0.25) is 17.8 Å². The van der Waals surface area contributed by atoms with Crippen LogP contribution in [-0.4, -0.2) is 66.3 Å². The third-order valence-corrected chi connectivity index (χ3v) is 6.13. The van der Waals surface area contributed by atoms with Crippen molar-refractivity contribution in [3.63, 3.8) is 0 Å². The van der Waals surface area contributed by atoms with E-state index in [0.717, 1.165) is 35.6 Å². The summed E-state index contributed by atoms with van der Waals surface area (Å²) in [6.45, 7) is 2.82. The summed E-state index contributed by atoms with van der Waals surface area (Å²) in [5.74, 6) is 1.42. The first kappa shape index (κ1) is 25.2. The molecule has 1 N–H and O–H groups in total. The summed E-state index contributed by atoms with van der Waals surface area (Å²) in [4.78, 5) is 31.9. The van der Waals surface area contributed by atoms with Crippen molar-refractivity contribution in [2.45, 2.75) is 32.3 Å². The molecule has 1 fully saturated rings. The third-order valence-electron chi connectivity index (χ3n) is 6.13. The van der Waals surface area contributed by atoms with Crippen molar-refractivity contribution in [2.24, 2.45) is 0 Å². The summed E-state index contributed by atoms with van der Waals surface area (Å²) in [5.41, 5.74) is 2.36. The van der Waals surface area contributed by atoms with E-state index in [2.05, 4.69) is 5.32 Å². The first-order chi connectivity index (χ1) is 17.5. The number of benzene rings is 2. The van der Waals surface area contributed by atoms with Crippen LogP contribution in [0, 0.1) is 0 Å². The molecule has 1 atom stereocenters. The van der Waals surface area contributed by atoms with Crippen LogP contribution >= 0.6 is 0 Å². The van der Waals surface area contributed by atoms with Crippen LogP contribution in [0.5, 0.6) is 11.5 Å². The number of carbonyl (C=O) groups is 2. The molecule has 9 nitrogen and oxygen atoms in total. The van der Waals surface area contributed by atoms with Gasteiger partial charge in [0.15, 0.2) is 0 Å². The van der Waals surface area contributed by atoms with E-state index in [1.54, 1.807) is 26.0 Å². The fourth-order valence-electron chi connectivity index (χ4n) is 4.16. The van der Waals surface area contributed by atoms with Crippen LogP contribution in [-0.2, 0) is 14.3 Å². The number of carbonyl (C=O) groups excluding carboxylic acids is 2. The van der Waals surface area contributed by atoms with Crippen molar-refractivity contribution in [2.75, 3.05) is 39.2 Å². The largest absolute Gasteiger partial charge is 0.497 e. The molecule has 1 aromatic heterocycles. The molecule has 1 aliphatic heterocycles. The van der Waals surface area contributed by atoms with E-state index < -0.39 is 0 Å². The maximum absolute atomic E-state index is 13.1. The Bertz CT molecular complexity index is 1170. The minimum Gasteiger partial charge on any atom is -0.497 e. The number of aromatic nitrogens is 2. The van der Waals surface area contributed by atoms with Crippen molar-refractivity contribution in [1.29, 1.82) is 0 Å². The Hall–Kier alpha value is -3.85. The molecule has 2 aromatic carbocycles. The second-order valence-corrected chi connectivity index (χ2v) is 8.56. The van der Waals surface area contributed by atoms with Crippen molar-refractivity contribution in [1.82, 2.24) is 14.5 Å². The summed E-state index contributed by atoms with van der Waals surface area (Å²) >= 11 is 0. The lowest BCUT2D eigenvalue weighted by Gasteiger charge is -2.24. The molecule has 36 heavy (non-hydrogen) atoms. The Morgan fingerprint density at radius 3 is 2.33 bits per heavy atom. The molecular weight excluding hydrogens is 460 g/mol. The Labute approximate surface area is 211 Å². The van der Waals surface area contributed by atoms with Crippen molar-refractivity contribution >= 4 is 17.8 Å². The van der Waals surface area contributed by atoms with Gasteiger partial charge in [-0.25, -0.2) is 4.98 Å². The highest BCUT2D eigenvalue weighted by Gasteiger charge is 2.24. The molecule has 3 aromatic rings. The highest BCUT2D eigenvalue weighted by molar-refractivity contribution is 5.93. The molecule has 0 saturated carbocycles. The number of hydrogen-bond donors (Lipinski definition) is 1. The van der Waals surface area contributed by atoms with Gasteiger partial charge in [-0.1, -0.05) is 6.92 Å². The maximum Gasteiger partial charge on any atom is 0.246 e. The topological polar surface area (TPSA) is 94.9 Å². The lowest BCUT2D eigenvalue weighted by atomic mass is 10.1. The SMILES string of the molecule is CCC(=O)N(CC(=O)Nc1nc(-c2ccc(OC)cc2)cn1-c1ccc(OC)cc1)C[C@@H]1CCCO1. The molecule has 1 saturated heterocycles. The number of nitrogens with zero attached hydrogens (tertiary/aromatic N) is 3. The van der Waals surface area contributed by atoms with Crippen LogP contribution in [0.1, 0.15) is 26.2 Å². The number of nitrogens with one attached hydrogen (secondary N) is 1. The van der Waals surface area contributed by atoms with Crippen molar-refractivity contribution < 1.29 is 23.8 Å². The van der Waals surface area contributed by atoms with Crippen LogP contribution in [0.2, 0.25) is 0 Å². The average Bonchev–Trinajstić information content (AvgIpc) is 3.58. The van der Waals surface area contributed by atoms with Crippen LogP contribution in [0.25, 0.3) is 16.9 Å². The fourth-order valence-corrected chi connectivity index (χ4v) is 4.16. The van der Waals surface area contributed by atoms with Crippen LogP contribution in [0.3, 0.4) is 0 Å². The zero-order chi connectivity index (χ0) is 25.5. The monoisotopic (exact) mass is 492 g/mol. The zero-order valence-corrected chi connectivity index (χ0v) is 20.9. The Morgan fingerprint density at radius 2 is 1.75 bits per heavy atom. The molecule has 0 spiro atoms. The third kappa shape index (κ3) is 6.04. The molecule has 0 unspecified atom stereocenters. The lowest BCUT2D eigenvalue weighted by Crippen LogP contribution is -2.42. The molecule has 2 amide bonds. The van der Waals surface area contributed by atoms with Gasteiger partial charge in [0.25, 0.3) is 0 Å². The summed E-state index contributed by atoms with van der Waals surface area (Å²) in [5, 5.41) is 2.91. The van der Waals surface area contributed by atoms with Gasteiger partial charge in [0.1, 0.15) is 18.0 Å². The molecule has 0 bridgehead atoms. The second-order valence-electron chi connectivity index (χ2n) is 8.56. The number of ether oxygens (including phenoxy) is 3. The van der Waals surface area contributed by atoms with E-state index in [1.165, 1.54) is 0 Å². The van der Waals surface area contributed by atoms with E-state index in [1.807, 2.05) is 59.3 Å². The van der Waals surface area contributed by atoms with Gasteiger partial charge in [-0.15, -0.1) is 0 Å². The number of anilines is 1. The van der Waals surface area contributed by atoms with Gasteiger partial charge in [-0.05, 0) is 61.4 Å². The second kappa shape index (κ2) is 11.7. The zero-order valence-electron chi connectivity index (χ0n) is 20.9. The first-order valence-corrected chi connectivity index (χ1v) is 12.1.